The third-order valence-electron chi connectivity index (χ3n) is 4.04. The molecule has 4 nitrogen and oxygen atoms in total. The van der Waals surface area contributed by atoms with Gasteiger partial charge in [-0.15, -0.1) is 0 Å². The minimum atomic E-state index is -3.69. The Morgan fingerprint density at radius 1 is 0.963 bits per heavy atom. The first-order valence-corrected chi connectivity index (χ1v) is 10.0. The molecule has 0 saturated heterocycles. The zero-order valence-electron chi connectivity index (χ0n) is 14.1. The monoisotopic (exact) mass is 395 g/mol. The van der Waals surface area contributed by atoms with Gasteiger partial charge in [0.05, 0.1) is 22.3 Å². The summed E-state index contributed by atoms with van der Waals surface area (Å²) in [4.78, 5) is 12.9. The number of carbonyl (C=O) groups is 1. The molecule has 0 saturated carbocycles. The second-order valence-electron chi connectivity index (χ2n) is 5.89. The standard InChI is InChI=1S/C21H14ClNO3S/c22-18-9-8-17(20(12-18)21(24)16-4-2-1-3-5-16)14-27(25,26)19-10-6-15(13-23)7-11-19/h1-12H,14H2. The van der Waals surface area contributed by atoms with Crippen molar-refractivity contribution in [3.8, 4) is 6.07 Å². The fraction of sp³-hybridized carbons (Fsp3) is 0.0476. The Hall–Kier alpha value is -2.94. The van der Waals surface area contributed by atoms with Crippen LogP contribution in [0.5, 0.6) is 0 Å². The molecule has 0 atom stereocenters. The lowest BCUT2D eigenvalue weighted by Gasteiger charge is -2.11. The van der Waals surface area contributed by atoms with E-state index >= 15 is 0 Å². The molecule has 0 aliphatic carbocycles. The highest BCUT2D eigenvalue weighted by molar-refractivity contribution is 7.90. The molecule has 3 rings (SSSR count). The molecule has 0 aliphatic rings. The summed E-state index contributed by atoms with van der Waals surface area (Å²) in [6.07, 6.45) is 0. The van der Waals surface area contributed by atoms with Gasteiger partial charge < -0.3 is 0 Å². The molecule has 0 aromatic heterocycles. The van der Waals surface area contributed by atoms with E-state index in [4.69, 9.17) is 16.9 Å². The number of sulfone groups is 1. The van der Waals surface area contributed by atoms with Crippen LogP contribution in [0, 0.1) is 11.3 Å². The molecule has 0 amide bonds. The molecule has 0 bridgehead atoms. The molecule has 6 heteroatoms. The van der Waals surface area contributed by atoms with E-state index in [0.29, 0.717) is 21.7 Å². The number of hydrogen-bond donors (Lipinski definition) is 0. The minimum Gasteiger partial charge on any atom is -0.289 e. The molecular formula is C21H14ClNO3S. The van der Waals surface area contributed by atoms with Crippen molar-refractivity contribution in [3.05, 3.63) is 100 Å². The first-order valence-electron chi connectivity index (χ1n) is 8.02. The smallest absolute Gasteiger partial charge is 0.193 e. The molecule has 3 aromatic carbocycles. The van der Waals surface area contributed by atoms with Crippen LogP contribution in [0.15, 0.2) is 77.7 Å². The average Bonchev–Trinajstić information content (AvgIpc) is 2.69. The summed E-state index contributed by atoms with van der Waals surface area (Å²) in [5.74, 6) is -0.632. The third kappa shape index (κ3) is 4.25. The highest BCUT2D eigenvalue weighted by Crippen LogP contribution is 2.24. The summed E-state index contributed by atoms with van der Waals surface area (Å²) in [7, 11) is -3.69. The summed E-state index contributed by atoms with van der Waals surface area (Å²) in [6, 6.07) is 20.9. The fourth-order valence-corrected chi connectivity index (χ4v) is 4.21. The highest BCUT2D eigenvalue weighted by atomic mass is 35.5. The van der Waals surface area contributed by atoms with Crippen LogP contribution in [0.1, 0.15) is 27.0 Å². The number of rotatable bonds is 5. The van der Waals surface area contributed by atoms with Crippen LogP contribution in [0.2, 0.25) is 5.02 Å². The second kappa shape index (κ2) is 7.75. The van der Waals surface area contributed by atoms with Crippen molar-refractivity contribution in [1.82, 2.24) is 0 Å². The summed E-state index contributed by atoms with van der Waals surface area (Å²) in [5, 5.41) is 9.20. The molecule has 0 spiro atoms. The Morgan fingerprint density at radius 2 is 1.63 bits per heavy atom. The molecule has 0 unspecified atom stereocenters. The maximum atomic E-state index is 12.8. The Labute approximate surface area is 162 Å². The largest absolute Gasteiger partial charge is 0.289 e. The van der Waals surface area contributed by atoms with Gasteiger partial charge in [-0.25, -0.2) is 8.42 Å². The van der Waals surface area contributed by atoms with Gasteiger partial charge >= 0.3 is 0 Å². The summed E-state index contributed by atoms with van der Waals surface area (Å²) in [6.45, 7) is 0. The van der Waals surface area contributed by atoms with E-state index in [2.05, 4.69) is 0 Å². The SMILES string of the molecule is N#Cc1ccc(S(=O)(=O)Cc2ccc(Cl)cc2C(=O)c2ccccc2)cc1. The van der Waals surface area contributed by atoms with Crippen molar-refractivity contribution in [3.63, 3.8) is 0 Å². The Morgan fingerprint density at radius 3 is 2.26 bits per heavy atom. The molecule has 3 aromatic rings. The summed E-state index contributed by atoms with van der Waals surface area (Å²) < 4.78 is 25.5. The van der Waals surface area contributed by atoms with Gasteiger partial charge in [0.1, 0.15) is 0 Å². The maximum Gasteiger partial charge on any atom is 0.193 e. The fourth-order valence-electron chi connectivity index (χ4n) is 2.66. The normalized spacial score (nSPS) is 11.0. The number of nitriles is 1. The molecule has 0 radical (unpaired) electrons. The van der Waals surface area contributed by atoms with Crippen molar-refractivity contribution in [2.24, 2.45) is 0 Å². The van der Waals surface area contributed by atoms with Crippen LogP contribution in [0.25, 0.3) is 0 Å². The lowest BCUT2D eigenvalue weighted by Crippen LogP contribution is -2.11. The van der Waals surface area contributed by atoms with Crippen LogP contribution < -0.4 is 0 Å². The predicted octanol–water partition coefficient (Wildman–Crippen LogP) is 4.42. The molecule has 0 aliphatic heterocycles. The van der Waals surface area contributed by atoms with E-state index in [1.807, 2.05) is 6.07 Å². The number of halogens is 1. The van der Waals surface area contributed by atoms with Gasteiger partial charge in [0.15, 0.2) is 15.6 Å². The van der Waals surface area contributed by atoms with Crippen molar-refractivity contribution < 1.29 is 13.2 Å². The van der Waals surface area contributed by atoms with E-state index < -0.39 is 9.84 Å². The highest BCUT2D eigenvalue weighted by Gasteiger charge is 2.21. The first kappa shape index (κ1) is 18.8. The van der Waals surface area contributed by atoms with Gasteiger partial charge in [0.25, 0.3) is 0 Å². The average molecular weight is 396 g/mol. The first-order chi connectivity index (χ1) is 12.9. The zero-order valence-corrected chi connectivity index (χ0v) is 15.7. The van der Waals surface area contributed by atoms with Crippen LogP contribution >= 0.6 is 11.6 Å². The molecule has 0 N–H and O–H groups in total. The van der Waals surface area contributed by atoms with Crippen molar-refractivity contribution >= 4 is 27.2 Å². The number of nitrogens with zero attached hydrogens (tertiary/aromatic N) is 1. The predicted molar refractivity (Wildman–Crippen MR) is 103 cm³/mol. The van der Waals surface area contributed by atoms with Gasteiger partial charge in [0.2, 0.25) is 0 Å². The minimum absolute atomic E-state index is 0.0922. The lowest BCUT2D eigenvalue weighted by molar-refractivity contribution is 0.103. The van der Waals surface area contributed by atoms with Crippen molar-refractivity contribution in [2.45, 2.75) is 10.6 Å². The summed E-state index contributed by atoms with van der Waals surface area (Å²) >= 11 is 6.04. The molecule has 134 valence electrons. The van der Waals surface area contributed by atoms with E-state index in [9.17, 15) is 13.2 Å². The van der Waals surface area contributed by atoms with E-state index in [0.717, 1.165) is 0 Å². The van der Waals surface area contributed by atoms with Crippen molar-refractivity contribution in [1.29, 1.82) is 5.26 Å². The second-order valence-corrected chi connectivity index (χ2v) is 8.32. The van der Waals surface area contributed by atoms with E-state index in [1.54, 1.807) is 42.5 Å². The van der Waals surface area contributed by atoms with Crippen LogP contribution in [-0.4, -0.2) is 14.2 Å². The maximum absolute atomic E-state index is 12.8. The summed E-state index contributed by atoms with van der Waals surface area (Å²) in [5.41, 5.74) is 1.46. The lowest BCUT2D eigenvalue weighted by atomic mass is 9.99. The van der Waals surface area contributed by atoms with Crippen LogP contribution in [0.3, 0.4) is 0 Å². The van der Waals surface area contributed by atoms with Gasteiger partial charge in [-0.2, -0.15) is 5.26 Å². The van der Waals surface area contributed by atoms with Gasteiger partial charge in [-0.05, 0) is 42.0 Å². The number of benzene rings is 3. The number of carbonyl (C=O) groups excluding carboxylic acids is 1. The molecule has 27 heavy (non-hydrogen) atoms. The Kier molecular flexibility index (Phi) is 5.41. The topological polar surface area (TPSA) is 75.0 Å². The van der Waals surface area contributed by atoms with Gasteiger partial charge in [-0.1, -0.05) is 48.0 Å². The third-order valence-corrected chi connectivity index (χ3v) is 5.96. The Balaban J connectivity index is 1.99. The molecule has 0 fully saturated rings. The van der Waals surface area contributed by atoms with Crippen molar-refractivity contribution in [2.75, 3.05) is 0 Å². The quantitative estimate of drug-likeness (QED) is 0.599. The van der Waals surface area contributed by atoms with Gasteiger partial charge in [0, 0.05) is 16.1 Å². The number of ketones is 1. The van der Waals surface area contributed by atoms with Crippen LogP contribution in [0.4, 0.5) is 0 Å². The molecule has 0 heterocycles. The number of hydrogen-bond acceptors (Lipinski definition) is 4. The van der Waals surface area contributed by atoms with E-state index in [1.165, 1.54) is 30.3 Å². The molecular weight excluding hydrogens is 382 g/mol. The Bertz CT molecular complexity index is 1130. The van der Waals surface area contributed by atoms with Gasteiger partial charge in [-0.3, -0.25) is 4.79 Å². The zero-order chi connectivity index (χ0) is 19.4. The van der Waals surface area contributed by atoms with Crippen LogP contribution in [-0.2, 0) is 15.6 Å². The van der Waals surface area contributed by atoms with E-state index in [-0.39, 0.29) is 22.0 Å².